The average Bonchev–Trinajstić information content (AvgIpc) is 3.62. The van der Waals surface area contributed by atoms with E-state index >= 15 is 0 Å². The van der Waals surface area contributed by atoms with Crippen LogP contribution in [0.5, 0.6) is 0 Å². The lowest BCUT2D eigenvalue weighted by atomic mass is 9.85. The quantitative estimate of drug-likeness (QED) is 0.117. The maximum Gasteiger partial charge on any atom is 0.410 e. The number of carbonyl (C=O) groups excluding carboxylic acids is 6. The second-order valence-electron chi connectivity index (χ2n) is 14.4. The van der Waals surface area contributed by atoms with Crippen LogP contribution in [-0.4, -0.2) is 109 Å². The Hall–Kier alpha value is -3.85. The standard InChI is InChI=1S/C32H51F3N6O7/c1-8-15-36-26(44)23(42)20(12-9-10-14-32(33,34)35)37-25(43)21-13-11-16-41(21)27(45)24(31(5,6)7)39-28(46)38-22(30(2,3)4)19-40-17-18-48-29(40)47/h8,20-22,24H,1,9-19H2,2-7H3,(H,36,44)(H,37,43)(H2,38,39,46)/t20?,21-,22+,24+/m0/s1. The van der Waals surface area contributed by atoms with Crippen molar-refractivity contribution in [3.63, 3.8) is 0 Å². The maximum absolute atomic E-state index is 14.0. The Morgan fingerprint density at radius 3 is 2.19 bits per heavy atom. The van der Waals surface area contributed by atoms with Gasteiger partial charge in [0.15, 0.2) is 0 Å². The molecule has 2 fully saturated rings. The van der Waals surface area contributed by atoms with Crippen LogP contribution in [0, 0.1) is 10.8 Å². The number of halogens is 3. The Morgan fingerprint density at radius 1 is 0.979 bits per heavy atom. The molecule has 4 N–H and O–H groups in total. The van der Waals surface area contributed by atoms with Gasteiger partial charge in [0, 0.05) is 26.1 Å². The summed E-state index contributed by atoms with van der Waals surface area (Å²) in [5, 5.41) is 10.5. The van der Waals surface area contributed by atoms with Gasteiger partial charge in [-0.15, -0.1) is 6.58 Å². The molecule has 13 nitrogen and oxygen atoms in total. The van der Waals surface area contributed by atoms with Gasteiger partial charge in [0.2, 0.25) is 17.6 Å². The van der Waals surface area contributed by atoms with Crippen LogP contribution in [0.15, 0.2) is 12.7 Å². The molecule has 0 aromatic rings. The Balaban J connectivity index is 2.19. The number of nitrogens with zero attached hydrogens (tertiary/aromatic N) is 2. The number of urea groups is 1. The number of rotatable bonds is 15. The van der Waals surface area contributed by atoms with Gasteiger partial charge in [0.25, 0.3) is 5.91 Å². The van der Waals surface area contributed by atoms with Crippen LogP contribution in [0.1, 0.15) is 80.1 Å². The first kappa shape index (κ1) is 40.3. The smallest absolute Gasteiger partial charge is 0.410 e. The number of carbonyl (C=O) groups is 6. The van der Waals surface area contributed by atoms with Gasteiger partial charge in [-0.2, -0.15) is 13.2 Å². The monoisotopic (exact) mass is 688 g/mol. The van der Waals surface area contributed by atoms with Crippen molar-refractivity contribution in [1.82, 2.24) is 31.1 Å². The van der Waals surface area contributed by atoms with Crippen LogP contribution in [0.4, 0.5) is 22.8 Å². The Kier molecular flexibility index (Phi) is 14.3. The first-order chi connectivity index (χ1) is 22.2. The Bertz CT molecular complexity index is 1200. The molecule has 48 heavy (non-hydrogen) atoms. The summed E-state index contributed by atoms with van der Waals surface area (Å²) < 4.78 is 43.0. The molecule has 272 valence electrons. The fraction of sp³-hybridized carbons (Fsp3) is 0.750. The molecule has 0 aromatic heterocycles. The zero-order chi connectivity index (χ0) is 36.4. The zero-order valence-corrected chi connectivity index (χ0v) is 28.8. The van der Waals surface area contributed by atoms with E-state index in [9.17, 15) is 41.9 Å². The number of cyclic esters (lactones) is 1. The third-order valence-corrected chi connectivity index (χ3v) is 8.29. The SMILES string of the molecule is C=CCNC(=O)C(=O)C(CCCCC(F)(F)F)NC(=O)[C@@H]1CCCN1C(=O)[C@@H](NC(=O)N[C@H](CN1CCOC1=O)C(C)(C)C)C(C)(C)C. The summed E-state index contributed by atoms with van der Waals surface area (Å²) in [6.45, 7) is 15.4. The molecule has 0 aromatic carbocycles. The largest absolute Gasteiger partial charge is 0.448 e. The summed E-state index contributed by atoms with van der Waals surface area (Å²) in [4.78, 5) is 81.0. The molecule has 0 radical (unpaired) electrons. The number of alkyl halides is 3. The lowest BCUT2D eigenvalue weighted by Crippen LogP contribution is -2.61. The van der Waals surface area contributed by atoms with E-state index < -0.39 is 83.2 Å². The number of ketones is 1. The van der Waals surface area contributed by atoms with Gasteiger partial charge >= 0.3 is 18.3 Å². The summed E-state index contributed by atoms with van der Waals surface area (Å²) in [5.74, 6) is -3.31. The molecule has 0 aliphatic carbocycles. The third-order valence-electron chi connectivity index (χ3n) is 8.29. The van der Waals surface area contributed by atoms with Crippen LogP contribution in [0.25, 0.3) is 0 Å². The normalized spacial score (nSPS) is 18.8. The highest BCUT2D eigenvalue weighted by atomic mass is 19.4. The van der Waals surface area contributed by atoms with Gasteiger partial charge in [-0.25, -0.2) is 9.59 Å². The first-order valence-corrected chi connectivity index (χ1v) is 16.2. The van der Waals surface area contributed by atoms with Crippen molar-refractivity contribution in [2.45, 2.75) is 110 Å². The van der Waals surface area contributed by atoms with Crippen molar-refractivity contribution in [2.75, 3.05) is 32.8 Å². The van der Waals surface area contributed by atoms with E-state index in [0.29, 0.717) is 13.0 Å². The van der Waals surface area contributed by atoms with E-state index in [4.69, 9.17) is 4.74 Å². The van der Waals surface area contributed by atoms with E-state index in [-0.39, 0.29) is 51.9 Å². The molecular formula is C32H51F3N6O7. The second-order valence-corrected chi connectivity index (χ2v) is 14.4. The minimum atomic E-state index is -4.39. The minimum Gasteiger partial charge on any atom is -0.448 e. The highest BCUT2D eigenvalue weighted by Gasteiger charge is 2.43. The van der Waals surface area contributed by atoms with Crippen molar-refractivity contribution in [1.29, 1.82) is 0 Å². The number of ether oxygens (including phenoxy) is 1. The molecule has 2 saturated heterocycles. The molecule has 2 heterocycles. The van der Waals surface area contributed by atoms with Crippen molar-refractivity contribution in [3.05, 3.63) is 12.7 Å². The van der Waals surface area contributed by atoms with Crippen molar-refractivity contribution in [2.24, 2.45) is 10.8 Å². The molecule has 2 aliphatic heterocycles. The molecule has 0 spiro atoms. The van der Waals surface area contributed by atoms with Crippen LogP contribution >= 0.6 is 0 Å². The molecule has 0 saturated carbocycles. The topological polar surface area (TPSA) is 166 Å². The molecular weight excluding hydrogens is 637 g/mol. The van der Waals surface area contributed by atoms with Gasteiger partial charge in [-0.05, 0) is 36.5 Å². The van der Waals surface area contributed by atoms with Crippen LogP contribution in [-0.2, 0) is 23.9 Å². The predicted molar refractivity (Wildman–Crippen MR) is 170 cm³/mol. The second kappa shape index (κ2) is 17.0. The van der Waals surface area contributed by atoms with Crippen molar-refractivity contribution < 1.29 is 46.7 Å². The number of hydrogen-bond acceptors (Lipinski definition) is 7. The van der Waals surface area contributed by atoms with E-state index in [2.05, 4.69) is 27.8 Å². The fourth-order valence-electron chi connectivity index (χ4n) is 5.42. The van der Waals surface area contributed by atoms with E-state index in [1.165, 1.54) is 15.9 Å². The lowest BCUT2D eigenvalue weighted by molar-refractivity contribution is -0.144. The minimum absolute atomic E-state index is 0.0275. The summed E-state index contributed by atoms with van der Waals surface area (Å²) >= 11 is 0. The van der Waals surface area contributed by atoms with Crippen molar-refractivity contribution in [3.8, 4) is 0 Å². The number of amides is 6. The fourth-order valence-corrected chi connectivity index (χ4v) is 5.42. The number of hydrogen-bond donors (Lipinski definition) is 4. The number of nitrogens with one attached hydrogen (secondary N) is 4. The molecule has 4 atom stereocenters. The summed E-state index contributed by atoms with van der Waals surface area (Å²) in [7, 11) is 0. The zero-order valence-electron chi connectivity index (χ0n) is 28.8. The van der Waals surface area contributed by atoms with Gasteiger partial charge in [0.1, 0.15) is 18.7 Å². The van der Waals surface area contributed by atoms with E-state index in [1.807, 2.05) is 20.8 Å². The number of likely N-dealkylation sites (tertiary alicyclic amines) is 1. The molecule has 2 aliphatic rings. The molecule has 0 bridgehead atoms. The van der Waals surface area contributed by atoms with E-state index in [0.717, 1.165) is 0 Å². The van der Waals surface area contributed by atoms with Gasteiger partial charge in [-0.3, -0.25) is 19.2 Å². The molecule has 1 unspecified atom stereocenters. The highest BCUT2D eigenvalue weighted by Crippen LogP contribution is 2.27. The van der Waals surface area contributed by atoms with E-state index in [1.54, 1.807) is 20.8 Å². The Labute approximate surface area is 280 Å². The van der Waals surface area contributed by atoms with Crippen molar-refractivity contribution >= 4 is 35.6 Å². The molecule has 2 rings (SSSR count). The van der Waals surface area contributed by atoms with Crippen LogP contribution in [0.3, 0.4) is 0 Å². The number of Topliss-reactive ketones (excluding diaryl/α,β-unsaturated/α-hetero) is 1. The average molecular weight is 689 g/mol. The maximum atomic E-state index is 14.0. The summed E-state index contributed by atoms with van der Waals surface area (Å²) in [6, 6.07) is -4.69. The van der Waals surface area contributed by atoms with Gasteiger partial charge in [-0.1, -0.05) is 54.0 Å². The Morgan fingerprint density at radius 2 is 1.65 bits per heavy atom. The van der Waals surface area contributed by atoms with Crippen LogP contribution in [0.2, 0.25) is 0 Å². The molecule has 16 heteroatoms. The molecule has 6 amide bonds. The third kappa shape index (κ3) is 12.3. The van der Waals surface area contributed by atoms with Gasteiger partial charge in [0.05, 0.1) is 18.6 Å². The van der Waals surface area contributed by atoms with Gasteiger partial charge < -0.3 is 35.8 Å². The number of unbranched alkanes of at least 4 members (excludes halogenated alkanes) is 1. The highest BCUT2D eigenvalue weighted by molar-refractivity contribution is 6.38. The predicted octanol–water partition coefficient (Wildman–Crippen LogP) is 3.04. The summed E-state index contributed by atoms with van der Waals surface area (Å²) in [5.41, 5.74) is -1.28. The summed E-state index contributed by atoms with van der Waals surface area (Å²) in [6.07, 6.45) is -4.52. The lowest BCUT2D eigenvalue weighted by Gasteiger charge is -2.37. The van der Waals surface area contributed by atoms with Crippen LogP contribution < -0.4 is 21.3 Å². The first-order valence-electron chi connectivity index (χ1n) is 16.2.